The van der Waals surface area contributed by atoms with Crippen LogP contribution in [0, 0.1) is 0 Å². The van der Waals surface area contributed by atoms with Crippen molar-refractivity contribution >= 4 is 11.0 Å². The molecule has 0 aliphatic heterocycles. The maximum atomic E-state index is 5.80. The van der Waals surface area contributed by atoms with Gasteiger partial charge in [-0.1, -0.05) is 12.1 Å². The smallest absolute Gasteiger partial charge is 0.111 e. The maximum absolute atomic E-state index is 5.80. The third-order valence-corrected chi connectivity index (χ3v) is 2.95. The lowest BCUT2D eigenvalue weighted by Gasteiger charge is -2.20. The molecule has 1 aromatic heterocycles. The van der Waals surface area contributed by atoms with Crippen molar-refractivity contribution in [2.45, 2.75) is 39.3 Å². The average molecular weight is 261 g/mol. The highest BCUT2D eigenvalue weighted by molar-refractivity contribution is 5.75. The van der Waals surface area contributed by atoms with Gasteiger partial charge in [0, 0.05) is 13.0 Å². The summed E-state index contributed by atoms with van der Waals surface area (Å²) in [6.45, 7) is 8.32. The maximum Gasteiger partial charge on any atom is 0.111 e. The summed E-state index contributed by atoms with van der Waals surface area (Å²) in [6, 6.07) is 8.19. The number of nitrogens with zero attached hydrogens (tertiary/aromatic N) is 2. The van der Waals surface area contributed by atoms with Gasteiger partial charge in [0.1, 0.15) is 5.82 Å². The van der Waals surface area contributed by atoms with Gasteiger partial charge in [-0.25, -0.2) is 4.98 Å². The molecular formula is C15H23N3O. The van der Waals surface area contributed by atoms with E-state index in [1.165, 1.54) is 0 Å². The second-order valence-corrected chi connectivity index (χ2v) is 5.67. The van der Waals surface area contributed by atoms with Gasteiger partial charge >= 0.3 is 0 Å². The number of fused-ring (bicyclic) bond motifs is 1. The second kappa shape index (κ2) is 5.72. The highest BCUT2D eigenvalue weighted by atomic mass is 16.5. The average Bonchev–Trinajstić information content (AvgIpc) is 2.67. The van der Waals surface area contributed by atoms with Crippen molar-refractivity contribution < 1.29 is 4.74 Å². The van der Waals surface area contributed by atoms with E-state index in [1.807, 2.05) is 18.2 Å². The predicted molar refractivity (Wildman–Crippen MR) is 78.2 cm³/mol. The van der Waals surface area contributed by atoms with Crippen LogP contribution < -0.4 is 5.73 Å². The Kier molecular flexibility index (Phi) is 4.22. The van der Waals surface area contributed by atoms with Crippen molar-refractivity contribution in [3.8, 4) is 0 Å². The molecule has 0 fully saturated rings. The lowest BCUT2D eigenvalue weighted by atomic mass is 10.2. The standard InChI is InChI=1S/C15H23N3O/c1-15(2,3)19-11-10-18-13-7-5-4-6-12(13)17-14(18)8-9-16/h4-7H,8-11,16H2,1-3H3. The lowest BCUT2D eigenvalue weighted by Crippen LogP contribution is -2.22. The molecule has 0 saturated carbocycles. The molecule has 19 heavy (non-hydrogen) atoms. The number of ether oxygens (including phenoxy) is 1. The van der Waals surface area contributed by atoms with Crippen molar-refractivity contribution in [2.24, 2.45) is 5.73 Å². The van der Waals surface area contributed by atoms with E-state index in [0.29, 0.717) is 13.2 Å². The number of benzene rings is 1. The molecule has 0 bridgehead atoms. The van der Waals surface area contributed by atoms with Crippen LogP contribution >= 0.6 is 0 Å². The highest BCUT2D eigenvalue weighted by Crippen LogP contribution is 2.17. The molecular weight excluding hydrogens is 238 g/mol. The normalized spacial score (nSPS) is 12.2. The zero-order chi connectivity index (χ0) is 13.9. The van der Waals surface area contributed by atoms with E-state index in [9.17, 15) is 0 Å². The van der Waals surface area contributed by atoms with Gasteiger partial charge in [0.25, 0.3) is 0 Å². The minimum Gasteiger partial charge on any atom is -0.374 e. The van der Waals surface area contributed by atoms with Crippen molar-refractivity contribution in [1.29, 1.82) is 0 Å². The molecule has 1 aromatic carbocycles. The van der Waals surface area contributed by atoms with E-state index < -0.39 is 0 Å². The molecule has 0 atom stereocenters. The largest absolute Gasteiger partial charge is 0.374 e. The van der Waals surface area contributed by atoms with E-state index >= 15 is 0 Å². The van der Waals surface area contributed by atoms with Crippen LogP contribution in [0.1, 0.15) is 26.6 Å². The first kappa shape index (κ1) is 14.0. The van der Waals surface area contributed by atoms with Crippen molar-refractivity contribution in [3.63, 3.8) is 0 Å². The van der Waals surface area contributed by atoms with E-state index in [4.69, 9.17) is 10.5 Å². The van der Waals surface area contributed by atoms with E-state index in [0.717, 1.165) is 29.8 Å². The van der Waals surface area contributed by atoms with Crippen molar-refractivity contribution in [1.82, 2.24) is 9.55 Å². The highest BCUT2D eigenvalue weighted by Gasteiger charge is 2.12. The quantitative estimate of drug-likeness (QED) is 0.899. The van der Waals surface area contributed by atoms with E-state index in [1.54, 1.807) is 0 Å². The van der Waals surface area contributed by atoms with Gasteiger partial charge in [-0.05, 0) is 39.4 Å². The Morgan fingerprint density at radius 3 is 2.68 bits per heavy atom. The van der Waals surface area contributed by atoms with Crippen LogP contribution in [0.25, 0.3) is 11.0 Å². The predicted octanol–water partition coefficient (Wildman–Crippen LogP) is 2.35. The van der Waals surface area contributed by atoms with Gasteiger partial charge < -0.3 is 15.0 Å². The molecule has 0 aliphatic rings. The topological polar surface area (TPSA) is 53.1 Å². The van der Waals surface area contributed by atoms with E-state index in [-0.39, 0.29) is 5.60 Å². The second-order valence-electron chi connectivity index (χ2n) is 5.67. The van der Waals surface area contributed by atoms with Gasteiger partial charge in [0.05, 0.1) is 23.2 Å². The Labute approximate surface area is 114 Å². The summed E-state index contributed by atoms with van der Waals surface area (Å²) in [7, 11) is 0. The molecule has 0 saturated heterocycles. The Balaban J connectivity index is 2.21. The molecule has 104 valence electrons. The Morgan fingerprint density at radius 2 is 2.00 bits per heavy atom. The first-order valence-electron chi connectivity index (χ1n) is 6.79. The van der Waals surface area contributed by atoms with Crippen LogP contribution in [0.2, 0.25) is 0 Å². The van der Waals surface area contributed by atoms with Crippen LogP contribution in [-0.4, -0.2) is 28.3 Å². The third-order valence-electron chi connectivity index (χ3n) is 2.95. The molecule has 0 amide bonds. The number of aromatic nitrogens is 2. The molecule has 1 heterocycles. The molecule has 2 rings (SSSR count). The Hall–Kier alpha value is -1.39. The summed E-state index contributed by atoms with van der Waals surface area (Å²) in [5, 5.41) is 0. The SMILES string of the molecule is CC(C)(C)OCCn1c(CCN)nc2ccccc21. The number of hydrogen-bond donors (Lipinski definition) is 1. The fourth-order valence-electron chi connectivity index (χ4n) is 2.14. The molecule has 0 aliphatic carbocycles. The zero-order valence-corrected chi connectivity index (χ0v) is 12.0. The van der Waals surface area contributed by atoms with Crippen LogP contribution in [-0.2, 0) is 17.7 Å². The molecule has 0 spiro atoms. The summed E-state index contributed by atoms with van der Waals surface area (Å²) < 4.78 is 8.02. The van der Waals surface area contributed by atoms with Crippen LogP contribution in [0.5, 0.6) is 0 Å². The van der Waals surface area contributed by atoms with Gasteiger partial charge in [-0.15, -0.1) is 0 Å². The fraction of sp³-hybridized carbons (Fsp3) is 0.533. The van der Waals surface area contributed by atoms with E-state index in [2.05, 4.69) is 36.4 Å². The molecule has 4 heteroatoms. The van der Waals surface area contributed by atoms with Gasteiger partial charge in [0.15, 0.2) is 0 Å². The number of nitrogens with two attached hydrogens (primary N) is 1. The minimum absolute atomic E-state index is 0.107. The number of rotatable bonds is 5. The summed E-state index contributed by atoms with van der Waals surface area (Å²) in [5.74, 6) is 1.04. The van der Waals surface area contributed by atoms with Crippen LogP contribution in [0.3, 0.4) is 0 Å². The molecule has 0 radical (unpaired) electrons. The van der Waals surface area contributed by atoms with Gasteiger partial charge in [-0.2, -0.15) is 0 Å². The Morgan fingerprint density at radius 1 is 1.26 bits per heavy atom. The minimum atomic E-state index is -0.107. The lowest BCUT2D eigenvalue weighted by molar-refractivity contribution is -0.00671. The summed E-state index contributed by atoms with van der Waals surface area (Å²) in [4.78, 5) is 4.64. The summed E-state index contributed by atoms with van der Waals surface area (Å²) in [6.07, 6.45) is 0.796. The third kappa shape index (κ3) is 3.55. The van der Waals surface area contributed by atoms with Crippen LogP contribution in [0.4, 0.5) is 0 Å². The molecule has 2 aromatic rings. The van der Waals surface area contributed by atoms with Crippen molar-refractivity contribution in [2.75, 3.05) is 13.2 Å². The number of para-hydroxylation sites is 2. The number of imidazole rings is 1. The monoisotopic (exact) mass is 261 g/mol. The fourth-order valence-corrected chi connectivity index (χ4v) is 2.14. The van der Waals surface area contributed by atoms with Crippen molar-refractivity contribution in [3.05, 3.63) is 30.1 Å². The zero-order valence-electron chi connectivity index (χ0n) is 12.0. The Bertz CT molecular complexity index is 540. The molecule has 4 nitrogen and oxygen atoms in total. The molecule has 2 N–H and O–H groups in total. The van der Waals surface area contributed by atoms with Gasteiger partial charge in [0.2, 0.25) is 0 Å². The summed E-state index contributed by atoms with van der Waals surface area (Å²) in [5.41, 5.74) is 7.74. The summed E-state index contributed by atoms with van der Waals surface area (Å²) >= 11 is 0. The van der Waals surface area contributed by atoms with Gasteiger partial charge in [-0.3, -0.25) is 0 Å². The molecule has 0 unspecified atom stereocenters. The van der Waals surface area contributed by atoms with Crippen LogP contribution in [0.15, 0.2) is 24.3 Å². The number of hydrogen-bond acceptors (Lipinski definition) is 3. The first-order valence-corrected chi connectivity index (χ1v) is 6.79. The first-order chi connectivity index (χ1) is 9.01.